The van der Waals surface area contributed by atoms with Crippen molar-refractivity contribution in [3.8, 4) is 5.75 Å². The molecule has 6 nitrogen and oxygen atoms in total. The predicted molar refractivity (Wildman–Crippen MR) is 115 cm³/mol. The van der Waals surface area contributed by atoms with Crippen molar-refractivity contribution < 1.29 is 35.5 Å². The van der Waals surface area contributed by atoms with Crippen molar-refractivity contribution in [2.24, 2.45) is 17.8 Å². The molecule has 1 aliphatic carbocycles. The number of hydrogen-bond donors (Lipinski definition) is 0. The number of morpholine rings is 1. The van der Waals surface area contributed by atoms with Gasteiger partial charge in [-0.1, -0.05) is 6.07 Å². The fourth-order valence-electron chi connectivity index (χ4n) is 4.85. The third-order valence-corrected chi connectivity index (χ3v) is 8.48. The van der Waals surface area contributed by atoms with E-state index < -0.39 is 22.1 Å². The molecule has 2 aromatic carbocycles. The molecule has 2 heterocycles. The molecule has 1 radical (unpaired) electrons. The molecule has 0 amide bonds. The first-order valence-electron chi connectivity index (χ1n) is 10.9. The summed E-state index contributed by atoms with van der Waals surface area (Å²) in [6, 6.07) is 9.36. The monoisotopic (exact) mass is 499 g/mol. The van der Waals surface area contributed by atoms with Crippen LogP contribution in [-0.2, 0) is 14.8 Å². The van der Waals surface area contributed by atoms with E-state index in [0.717, 1.165) is 29.8 Å². The Morgan fingerprint density at radius 1 is 1.00 bits per heavy atom. The van der Waals surface area contributed by atoms with Gasteiger partial charge < -0.3 is 14.4 Å². The Morgan fingerprint density at radius 3 is 2.24 bits per heavy atom. The zero-order valence-electron chi connectivity index (χ0n) is 18.0. The SMILES string of the molecule is O=S(=O)(c1ccc(OC(F)(F)F)cc1)N1CC2C([CH]c3ccc(N4CCOCC4)c(F)c3)C2C1. The topological polar surface area (TPSA) is 59.1 Å². The standard InChI is InChI=1S/C23H23F4N2O4S/c24-21-12-15(1-6-22(21)28-7-9-32-10-8-28)11-18-19-13-29(14-20(18)19)34(30,31)17-4-2-16(3-5-17)33-23(25,26)27/h1-6,11-12,18-20H,7-10,13-14H2. The molecule has 183 valence electrons. The lowest BCUT2D eigenvalue weighted by Crippen LogP contribution is -2.36. The molecule has 0 N–H and O–H groups in total. The van der Waals surface area contributed by atoms with Gasteiger partial charge in [0.2, 0.25) is 10.0 Å². The number of nitrogens with zero attached hydrogens (tertiary/aromatic N) is 2. The Bertz CT molecular complexity index is 1140. The van der Waals surface area contributed by atoms with Crippen LogP contribution in [-0.4, -0.2) is 58.5 Å². The van der Waals surface area contributed by atoms with E-state index in [1.54, 1.807) is 6.07 Å². The number of anilines is 1. The predicted octanol–water partition coefficient (Wildman–Crippen LogP) is 3.68. The maximum absolute atomic E-state index is 14.7. The summed E-state index contributed by atoms with van der Waals surface area (Å²) in [7, 11) is -3.82. The zero-order chi connectivity index (χ0) is 24.1. The van der Waals surface area contributed by atoms with Crippen LogP contribution in [0.25, 0.3) is 0 Å². The van der Waals surface area contributed by atoms with E-state index in [0.29, 0.717) is 45.1 Å². The van der Waals surface area contributed by atoms with Crippen molar-refractivity contribution in [2.45, 2.75) is 11.3 Å². The Kier molecular flexibility index (Phi) is 5.97. The number of halogens is 4. The number of sulfonamides is 1. The number of ether oxygens (including phenoxy) is 2. The minimum Gasteiger partial charge on any atom is -0.406 e. The molecule has 2 unspecified atom stereocenters. The van der Waals surface area contributed by atoms with Gasteiger partial charge in [-0.15, -0.1) is 13.2 Å². The summed E-state index contributed by atoms with van der Waals surface area (Å²) in [4.78, 5) is 1.88. The summed E-state index contributed by atoms with van der Waals surface area (Å²) in [5.41, 5.74) is 1.32. The van der Waals surface area contributed by atoms with Crippen molar-refractivity contribution in [3.63, 3.8) is 0 Å². The van der Waals surface area contributed by atoms with Crippen molar-refractivity contribution in [2.75, 3.05) is 44.3 Å². The van der Waals surface area contributed by atoms with Gasteiger partial charge in [0.25, 0.3) is 0 Å². The molecular weight excluding hydrogens is 476 g/mol. The van der Waals surface area contributed by atoms with Crippen molar-refractivity contribution in [3.05, 3.63) is 60.3 Å². The van der Waals surface area contributed by atoms with E-state index in [1.165, 1.54) is 10.4 Å². The zero-order valence-corrected chi connectivity index (χ0v) is 18.9. The highest BCUT2D eigenvalue weighted by Crippen LogP contribution is 2.55. The lowest BCUT2D eigenvalue weighted by atomic mass is 10.0. The molecule has 2 aliphatic heterocycles. The van der Waals surface area contributed by atoms with Crippen LogP contribution in [0, 0.1) is 30.0 Å². The highest BCUT2D eigenvalue weighted by molar-refractivity contribution is 7.89. The van der Waals surface area contributed by atoms with Gasteiger partial charge in [0.05, 0.1) is 23.8 Å². The third kappa shape index (κ3) is 4.73. The number of piperidine rings is 1. The second kappa shape index (κ2) is 8.69. The Hall–Kier alpha value is -2.37. The first-order chi connectivity index (χ1) is 16.1. The molecule has 1 saturated carbocycles. The smallest absolute Gasteiger partial charge is 0.406 e. The average Bonchev–Trinajstić information content (AvgIpc) is 3.21. The van der Waals surface area contributed by atoms with Crippen LogP contribution in [0.4, 0.5) is 23.2 Å². The highest BCUT2D eigenvalue weighted by Gasteiger charge is 2.57. The van der Waals surface area contributed by atoms with E-state index in [1.807, 2.05) is 17.4 Å². The molecule has 2 atom stereocenters. The maximum Gasteiger partial charge on any atom is 0.573 e. The number of benzene rings is 2. The van der Waals surface area contributed by atoms with Gasteiger partial charge in [0.15, 0.2) is 0 Å². The lowest BCUT2D eigenvalue weighted by molar-refractivity contribution is -0.274. The van der Waals surface area contributed by atoms with Crippen molar-refractivity contribution in [1.82, 2.24) is 4.31 Å². The van der Waals surface area contributed by atoms with Crippen LogP contribution in [0.2, 0.25) is 0 Å². The summed E-state index contributed by atoms with van der Waals surface area (Å²) >= 11 is 0. The van der Waals surface area contributed by atoms with Gasteiger partial charge in [-0.05, 0) is 66.1 Å². The molecule has 0 bridgehead atoms. The number of hydrogen-bond acceptors (Lipinski definition) is 5. The third-order valence-electron chi connectivity index (χ3n) is 6.63. The average molecular weight is 500 g/mol. The van der Waals surface area contributed by atoms with E-state index in [-0.39, 0.29) is 28.5 Å². The number of fused-ring (bicyclic) bond motifs is 1. The molecule has 11 heteroatoms. The summed E-state index contributed by atoms with van der Waals surface area (Å²) in [5, 5.41) is 0. The first-order valence-corrected chi connectivity index (χ1v) is 12.4. The highest BCUT2D eigenvalue weighted by atomic mass is 32.2. The lowest BCUT2D eigenvalue weighted by Gasteiger charge is -2.29. The summed E-state index contributed by atoms with van der Waals surface area (Å²) in [5.74, 6) is -0.308. The van der Waals surface area contributed by atoms with E-state index >= 15 is 0 Å². The molecular formula is C23H23F4N2O4S. The van der Waals surface area contributed by atoms with Crippen LogP contribution in [0.1, 0.15) is 5.56 Å². The minimum absolute atomic E-state index is 0.0790. The second-order valence-electron chi connectivity index (χ2n) is 8.72. The van der Waals surface area contributed by atoms with Crippen molar-refractivity contribution in [1.29, 1.82) is 0 Å². The maximum atomic E-state index is 14.7. The molecule has 34 heavy (non-hydrogen) atoms. The minimum atomic E-state index is -4.84. The van der Waals surface area contributed by atoms with E-state index in [2.05, 4.69) is 4.74 Å². The van der Waals surface area contributed by atoms with Gasteiger partial charge >= 0.3 is 6.36 Å². The van der Waals surface area contributed by atoms with Gasteiger partial charge in [0, 0.05) is 26.2 Å². The quantitative estimate of drug-likeness (QED) is 0.568. The molecule has 0 aromatic heterocycles. The Labute approximate surface area is 195 Å². The summed E-state index contributed by atoms with van der Waals surface area (Å²) < 4.78 is 87.8. The second-order valence-corrected chi connectivity index (χ2v) is 10.7. The van der Waals surface area contributed by atoms with Gasteiger partial charge in [-0.3, -0.25) is 0 Å². The van der Waals surface area contributed by atoms with E-state index in [9.17, 15) is 26.0 Å². The van der Waals surface area contributed by atoms with Crippen LogP contribution in [0.15, 0.2) is 47.4 Å². The fourth-order valence-corrected chi connectivity index (χ4v) is 6.36. The van der Waals surface area contributed by atoms with Gasteiger partial charge in [-0.2, -0.15) is 4.31 Å². The number of alkyl halides is 3. The van der Waals surface area contributed by atoms with Gasteiger partial charge in [-0.25, -0.2) is 12.8 Å². The van der Waals surface area contributed by atoms with Crippen LogP contribution in [0.5, 0.6) is 5.75 Å². The fraction of sp³-hybridized carbons (Fsp3) is 0.435. The van der Waals surface area contributed by atoms with Crippen molar-refractivity contribution >= 4 is 15.7 Å². The molecule has 5 rings (SSSR count). The number of rotatable bonds is 6. The van der Waals surface area contributed by atoms with Crippen LogP contribution in [0.3, 0.4) is 0 Å². The molecule has 3 aliphatic rings. The molecule has 2 aromatic rings. The largest absolute Gasteiger partial charge is 0.573 e. The molecule has 0 spiro atoms. The summed E-state index contributed by atoms with van der Waals surface area (Å²) in [6.45, 7) is 3.09. The molecule has 3 fully saturated rings. The van der Waals surface area contributed by atoms with Crippen LogP contribution >= 0.6 is 0 Å². The Balaban J connectivity index is 1.18. The van der Waals surface area contributed by atoms with Gasteiger partial charge in [0.1, 0.15) is 11.6 Å². The first kappa shape index (κ1) is 23.4. The molecule has 2 saturated heterocycles. The normalized spacial score (nSPS) is 25.3. The summed E-state index contributed by atoms with van der Waals surface area (Å²) in [6.07, 6.45) is -2.84. The van der Waals surface area contributed by atoms with E-state index in [4.69, 9.17) is 4.74 Å². The Morgan fingerprint density at radius 2 is 1.65 bits per heavy atom. The van der Waals surface area contributed by atoms with Crippen LogP contribution < -0.4 is 9.64 Å².